The molecule has 0 aliphatic carbocycles. The van der Waals surface area contributed by atoms with Crippen LogP contribution >= 0.6 is 11.6 Å². The van der Waals surface area contributed by atoms with E-state index in [-0.39, 0.29) is 22.7 Å². The molecule has 10 heteroatoms. The molecule has 0 saturated carbocycles. The number of benzene rings is 3. The van der Waals surface area contributed by atoms with Gasteiger partial charge in [0.25, 0.3) is 17.5 Å². The van der Waals surface area contributed by atoms with Gasteiger partial charge in [-0.3, -0.25) is 19.7 Å². The molecule has 0 aliphatic rings. The second-order valence-corrected chi connectivity index (χ2v) is 7.33. The first-order valence-corrected chi connectivity index (χ1v) is 10.2. The number of nitrogens with zero attached hydrogens (tertiary/aromatic N) is 1. The maximum absolute atomic E-state index is 13.1. The van der Waals surface area contributed by atoms with Gasteiger partial charge < -0.3 is 20.1 Å². The molecule has 0 radical (unpaired) electrons. The Labute approximate surface area is 200 Å². The number of nitro groups is 1. The number of rotatable bonds is 8. The molecule has 0 aromatic heterocycles. The maximum atomic E-state index is 13.1. The minimum Gasteiger partial charge on any atom is -0.497 e. The average Bonchev–Trinajstić information content (AvgIpc) is 2.84. The smallest absolute Gasteiger partial charge is 0.272 e. The van der Waals surface area contributed by atoms with Gasteiger partial charge in [-0.2, -0.15) is 0 Å². The molecule has 34 heavy (non-hydrogen) atoms. The zero-order valence-electron chi connectivity index (χ0n) is 18.2. The molecule has 0 aliphatic heterocycles. The summed E-state index contributed by atoms with van der Waals surface area (Å²) < 4.78 is 10.3. The summed E-state index contributed by atoms with van der Waals surface area (Å²) in [4.78, 5) is 36.6. The first-order valence-electron chi connectivity index (χ1n) is 9.87. The number of carbonyl (C=O) groups excluding carboxylic acids is 2. The van der Waals surface area contributed by atoms with Crippen molar-refractivity contribution in [3.05, 3.63) is 98.7 Å². The van der Waals surface area contributed by atoms with Crippen molar-refractivity contribution in [2.24, 2.45) is 0 Å². The maximum Gasteiger partial charge on any atom is 0.272 e. The fourth-order valence-electron chi connectivity index (χ4n) is 2.97. The van der Waals surface area contributed by atoms with Crippen LogP contribution in [0.1, 0.15) is 15.9 Å². The number of hydrogen-bond donors (Lipinski definition) is 2. The van der Waals surface area contributed by atoms with E-state index in [2.05, 4.69) is 10.6 Å². The second kappa shape index (κ2) is 11.0. The fraction of sp³-hybridized carbons (Fsp3) is 0.0833. The molecule has 0 atom stereocenters. The largest absolute Gasteiger partial charge is 0.497 e. The van der Waals surface area contributed by atoms with Gasteiger partial charge in [0.05, 0.1) is 24.7 Å². The van der Waals surface area contributed by atoms with Crippen molar-refractivity contribution in [3.63, 3.8) is 0 Å². The predicted molar refractivity (Wildman–Crippen MR) is 128 cm³/mol. The predicted octanol–water partition coefficient (Wildman–Crippen LogP) is 4.68. The van der Waals surface area contributed by atoms with E-state index in [0.717, 1.165) is 0 Å². The van der Waals surface area contributed by atoms with Gasteiger partial charge in [0.1, 0.15) is 17.2 Å². The summed E-state index contributed by atoms with van der Waals surface area (Å²) in [6.45, 7) is 0. The van der Waals surface area contributed by atoms with Crippen LogP contribution in [0, 0.1) is 10.1 Å². The Morgan fingerprint density at radius 1 is 1.00 bits per heavy atom. The normalized spacial score (nSPS) is 10.9. The molecule has 3 aromatic rings. The minimum atomic E-state index is -0.652. The fourth-order valence-corrected chi connectivity index (χ4v) is 3.15. The first kappa shape index (κ1) is 24.3. The van der Waals surface area contributed by atoms with Crippen molar-refractivity contribution in [2.75, 3.05) is 19.5 Å². The van der Waals surface area contributed by atoms with Crippen molar-refractivity contribution in [3.8, 4) is 11.5 Å². The number of ether oxygens (including phenoxy) is 2. The molecule has 3 rings (SSSR count). The lowest BCUT2D eigenvalue weighted by molar-refractivity contribution is -0.384. The van der Waals surface area contributed by atoms with Crippen LogP contribution in [0.15, 0.2) is 72.4 Å². The highest BCUT2D eigenvalue weighted by Gasteiger charge is 2.19. The number of anilines is 1. The number of nitrogens with one attached hydrogen (secondary N) is 2. The average molecular weight is 482 g/mol. The number of carbonyl (C=O) groups is 2. The summed E-state index contributed by atoms with van der Waals surface area (Å²) in [5.74, 6) is -0.439. The van der Waals surface area contributed by atoms with Gasteiger partial charge in [-0.25, -0.2) is 0 Å². The summed E-state index contributed by atoms with van der Waals surface area (Å²) in [7, 11) is 2.92. The van der Waals surface area contributed by atoms with Gasteiger partial charge >= 0.3 is 0 Å². The highest BCUT2D eigenvalue weighted by Crippen LogP contribution is 2.23. The molecule has 0 unspecified atom stereocenters. The van der Waals surface area contributed by atoms with E-state index in [1.54, 1.807) is 36.4 Å². The summed E-state index contributed by atoms with van der Waals surface area (Å²) in [5.41, 5.74) is 0.588. The highest BCUT2D eigenvalue weighted by atomic mass is 35.5. The van der Waals surface area contributed by atoms with Gasteiger partial charge in [-0.05, 0) is 54.1 Å². The molecule has 3 aromatic carbocycles. The molecular weight excluding hydrogens is 462 g/mol. The van der Waals surface area contributed by atoms with Crippen LogP contribution in [0.2, 0.25) is 5.02 Å². The number of methoxy groups -OCH3 is 2. The van der Waals surface area contributed by atoms with Crippen LogP contribution in [0.3, 0.4) is 0 Å². The Morgan fingerprint density at radius 2 is 1.74 bits per heavy atom. The Morgan fingerprint density at radius 3 is 2.38 bits per heavy atom. The second-order valence-electron chi connectivity index (χ2n) is 6.89. The molecule has 9 nitrogen and oxygen atoms in total. The zero-order chi connectivity index (χ0) is 24.7. The molecule has 174 valence electrons. The van der Waals surface area contributed by atoms with Crippen LogP contribution < -0.4 is 20.1 Å². The van der Waals surface area contributed by atoms with E-state index in [1.165, 1.54) is 50.6 Å². The van der Waals surface area contributed by atoms with Gasteiger partial charge in [-0.1, -0.05) is 23.7 Å². The van der Waals surface area contributed by atoms with Crippen molar-refractivity contribution >= 4 is 40.9 Å². The van der Waals surface area contributed by atoms with Gasteiger partial charge in [0, 0.05) is 22.8 Å². The standard InChI is InChI=1S/C24H20ClN3O6/c1-33-19-9-7-17(8-10-19)26-24(30)21(13-15-4-3-5-18(12-15)28(31)32)27-23(29)20-14-16(25)6-11-22(20)34-2/h3-14H,1-2H3,(H,26,30)(H,27,29)/b21-13-. The quantitative estimate of drug-likeness (QED) is 0.274. The third kappa shape index (κ3) is 6.11. The van der Waals surface area contributed by atoms with Gasteiger partial charge in [-0.15, -0.1) is 0 Å². The lowest BCUT2D eigenvalue weighted by Gasteiger charge is -2.13. The number of amides is 2. The Bertz CT molecular complexity index is 1260. The van der Waals surface area contributed by atoms with E-state index in [0.29, 0.717) is 22.0 Å². The Hall–Kier alpha value is -4.37. The van der Waals surface area contributed by atoms with E-state index >= 15 is 0 Å². The number of halogens is 1. The zero-order valence-corrected chi connectivity index (χ0v) is 19.0. The summed E-state index contributed by atoms with van der Waals surface area (Å²) >= 11 is 6.02. The Kier molecular flexibility index (Phi) is 7.83. The SMILES string of the molecule is COc1ccc(NC(=O)/C(=C/c2cccc([N+](=O)[O-])c2)NC(=O)c2cc(Cl)ccc2OC)cc1. The van der Waals surface area contributed by atoms with Crippen LogP contribution in [-0.4, -0.2) is 31.0 Å². The van der Waals surface area contributed by atoms with Crippen molar-refractivity contribution in [2.45, 2.75) is 0 Å². The molecule has 2 N–H and O–H groups in total. The summed E-state index contributed by atoms with van der Waals surface area (Å²) in [5, 5.41) is 16.7. The molecular formula is C24H20ClN3O6. The molecule has 0 saturated heterocycles. The summed E-state index contributed by atoms with van der Waals surface area (Å²) in [6.07, 6.45) is 1.33. The lowest BCUT2D eigenvalue weighted by Crippen LogP contribution is -2.31. The molecule has 0 heterocycles. The van der Waals surface area contributed by atoms with E-state index in [9.17, 15) is 19.7 Å². The van der Waals surface area contributed by atoms with Crippen molar-refractivity contribution in [1.82, 2.24) is 5.32 Å². The number of non-ortho nitro benzene ring substituents is 1. The summed E-state index contributed by atoms with van der Waals surface area (Å²) in [6, 6.07) is 16.7. The van der Waals surface area contributed by atoms with Crippen molar-refractivity contribution in [1.29, 1.82) is 0 Å². The Balaban J connectivity index is 1.96. The minimum absolute atomic E-state index is 0.109. The molecule has 2 amide bonds. The first-order chi connectivity index (χ1) is 16.3. The number of nitro benzene ring substituents is 1. The van der Waals surface area contributed by atoms with Crippen LogP contribution in [0.4, 0.5) is 11.4 Å². The number of hydrogen-bond acceptors (Lipinski definition) is 6. The lowest BCUT2D eigenvalue weighted by atomic mass is 10.1. The van der Waals surface area contributed by atoms with Crippen LogP contribution in [-0.2, 0) is 4.79 Å². The van der Waals surface area contributed by atoms with Crippen LogP contribution in [0.5, 0.6) is 11.5 Å². The van der Waals surface area contributed by atoms with Crippen LogP contribution in [0.25, 0.3) is 6.08 Å². The van der Waals surface area contributed by atoms with E-state index < -0.39 is 16.7 Å². The van der Waals surface area contributed by atoms with E-state index in [1.807, 2.05) is 0 Å². The third-order valence-corrected chi connectivity index (χ3v) is 4.87. The monoisotopic (exact) mass is 481 g/mol. The van der Waals surface area contributed by atoms with Gasteiger partial charge in [0.15, 0.2) is 0 Å². The van der Waals surface area contributed by atoms with Gasteiger partial charge in [0.2, 0.25) is 0 Å². The highest BCUT2D eigenvalue weighted by molar-refractivity contribution is 6.31. The molecule has 0 fully saturated rings. The topological polar surface area (TPSA) is 120 Å². The third-order valence-electron chi connectivity index (χ3n) is 4.64. The molecule has 0 spiro atoms. The van der Waals surface area contributed by atoms with Crippen molar-refractivity contribution < 1.29 is 24.0 Å². The molecule has 0 bridgehead atoms. The van der Waals surface area contributed by atoms with E-state index in [4.69, 9.17) is 21.1 Å².